The lowest BCUT2D eigenvalue weighted by atomic mass is 9.34. The predicted molar refractivity (Wildman–Crippen MR) is 169 cm³/mol. The van der Waals surface area contributed by atoms with Crippen LogP contribution in [0, 0.1) is 0 Å². The van der Waals surface area contributed by atoms with E-state index in [9.17, 15) is 0 Å². The molecule has 0 unspecified atom stereocenters. The van der Waals surface area contributed by atoms with Crippen LogP contribution in [0.1, 0.15) is 0 Å². The van der Waals surface area contributed by atoms with Gasteiger partial charge in [0.1, 0.15) is 11.5 Å². The summed E-state index contributed by atoms with van der Waals surface area (Å²) >= 11 is 1.84. The number of aromatic nitrogens is 1. The molecule has 0 atom stereocenters. The highest BCUT2D eigenvalue weighted by Crippen LogP contribution is 2.57. The molecule has 0 fully saturated rings. The average Bonchev–Trinajstić information content (AvgIpc) is 3.04. The number of fused-ring (bicyclic) bond motifs is 7. The van der Waals surface area contributed by atoms with Crippen LogP contribution >= 0.6 is 11.8 Å². The minimum atomic E-state index is 0.0625. The van der Waals surface area contributed by atoms with E-state index in [0.29, 0.717) is 0 Å². The second kappa shape index (κ2) is 8.78. The van der Waals surface area contributed by atoms with Crippen molar-refractivity contribution in [2.75, 3.05) is 9.80 Å². The molecule has 3 aliphatic rings. The van der Waals surface area contributed by atoms with Gasteiger partial charge in [0.05, 0.1) is 22.0 Å². The molecule has 0 spiro atoms. The molecular formula is C35H22BN3OS. The molecule has 1 aromatic heterocycles. The highest BCUT2D eigenvalue weighted by atomic mass is 32.2. The number of ether oxygens (including phenoxy) is 1. The van der Waals surface area contributed by atoms with Gasteiger partial charge in [0, 0.05) is 40.4 Å². The Morgan fingerprint density at radius 2 is 1.27 bits per heavy atom. The van der Waals surface area contributed by atoms with E-state index in [1.165, 1.54) is 43.2 Å². The first-order valence-corrected chi connectivity index (χ1v) is 14.6. The van der Waals surface area contributed by atoms with Gasteiger partial charge in [-0.05, 0) is 64.9 Å². The number of hydrogen-bond acceptors (Lipinski definition) is 5. The molecule has 4 heterocycles. The third kappa shape index (κ3) is 3.28. The fourth-order valence-corrected chi connectivity index (χ4v) is 7.71. The summed E-state index contributed by atoms with van der Waals surface area (Å²) in [5.41, 5.74) is 10.5. The molecule has 41 heavy (non-hydrogen) atoms. The molecule has 5 aromatic carbocycles. The quantitative estimate of drug-likeness (QED) is 0.212. The normalized spacial score (nSPS) is 13.8. The van der Waals surface area contributed by atoms with Gasteiger partial charge in [-0.3, -0.25) is 4.98 Å². The van der Waals surface area contributed by atoms with Gasteiger partial charge in [0.2, 0.25) is 0 Å². The second-order valence-electron chi connectivity index (χ2n) is 10.4. The van der Waals surface area contributed by atoms with Crippen molar-refractivity contribution in [2.45, 2.75) is 9.79 Å². The van der Waals surface area contributed by atoms with Gasteiger partial charge in [-0.2, -0.15) is 0 Å². The number of pyridine rings is 1. The summed E-state index contributed by atoms with van der Waals surface area (Å²) in [7, 11) is 0. The number of benzene rings is 5. The molecule has 0 amide bonds. The Labute approximate surface area is 242 Å². The highest BCUT2D eigenvalue weighted by molar-refractivity contribution is 8.00. The molecule has 4 nitrogen and oxygen atoms in total. The maximum absolute atomic E-state index is 6.79. The van der Waals surface area contributed by atoms with Crippen molar-refractivity contribution in [3.63, 3.8) is 0 Å². The number of nitrogens with zero attached hydrogens (tertiary/aromatic N) is 3. The Hall–Kier alpha value is -4.94. The van der Waals surface area contributed by atoms with E-state index in [1.807, 2.05) is 24.2 Å². The highest BCUT2D eigenvalue weighted by Gasteiger charge is 2.45. The number of para-hydroxylation sites is 4. The Bertz CT molecular complexity index is 1980. The lowest BCUT2D eigenvalue weighted by molar-refractivity contribution is 0.487. The second-order valence-corrected chi connectivity index (χ2v) is 11.5. The predicted octanol–water partition coefficient (Wildman–Crippen LogP) is 7.42. The Morgan fingerprint density at radius 3 is 2.12 bits per heavy atom. The van der Waals surface area contributed by atoms with Gasteiger partial charge in [0.15, 0.2) is 0 Å². The third-order valence-electron chi connectivity index (χ3n) is 8.18. The van der Waals surface area contributed by atoms with Crippen LogP contribution in [-0.2, 0) is 0 Å². The fourth-order valence-electron chi connectivity index (χ4n) is 6.53. The SMILES string of the molecule is c1ccc(N2c3ccccc3Sc3c2cc2c4c3N(c3ccncc3)c3ccccc3B4c3ccccc3O2)cc1. The van der Waals surface area contributed by atoms with E-state index in [0.717, 1.165) is 28.6 Å². The molecule has 3 aliphatic heterocycles. The van der Waals surface area contributed by atoms with E-state index in [1.54, 1.807) is 0 Å². The molecule has 0 saturated carbocycles. The van der Waals surface area contributed by atoms with Crippen molar-refractivity contribution in [3.8, 4) is 11.5 Å². The maximum atomic E-state index is 6.79. The summed E-state index contributed by atoms with van der Waals surface area (Å²) in [6, 6.07) is 43.0. The van der Waals surface area contributed by atoms with Gasteiger partial charge in [-0.1, -0.05) is 78.5 Å². The van der Waals surface area contributed by atoms with Crippen molar-refractivity contribution in [2.24, 2.45) is 0 Å². The van der Waals surface area contributed by atoms with Crippen LogP contribution in [0.2, 0.25) is 0 Å². The minimum absolute atomic E-state index is 0.0625. The number of hydrogen-bond donors (Lipinski definition) is 0. The smallest absolute Gasteiger partial charge is 0.256 e. The minimum Gasteiger partial charge on any atom is -0.458 e. The van der Waals surface area contributed by atoms with Gasteiger partial charge >= 0.3 is 0 Å². The molecule has 192 valence electrons. The molecule has 0 aliphatic carbocycles. The molecule has 0 N–H and O–H groups in total. The van der Waals surface area contributed by atoms with Gasteiger partial charge in [-0.25, -0.2) is 0 Å². The zero-order chi connectivity index (χ0) is 26.9. The first kappa shape index (κ1) is 22.8. The van der Waals surface area contributed by atoms with E-state index in [2.05, 4.69) is 136 Å². The molecule has 0 bridgehead atoms. The standard InChI is InChI=1S/C35H22BN3OS/c1-2-10-23(11-3-1)38-28-15-7-9-17-32(28)41-35-29(38)22-31-33-34(35)39(24-18-20-37-21-19-24)27-14-6-4-12-25(27)36(33)26-13-5-8-16-30(26)40-31/h1-22H. The van der Waals surface area contributed by atoms with Gasteiger partial charge in [0.25, 0.3) is 6.71 Å². The molecule has 0 saturated heterocycles. The van der Waals surface area contributed by atoms with Crippen LogP contribution in [-0.4, -0.2) is 11.7 Å². The fraction of sp³-hybridized carbons (Fsp3) is 0. The average molecular weight is 543 g/mol. The van der Waals surface area contributed by atoms with Crippen molar-refractivity contribution in [1.29, 1.82) is 0 Å². The molecule has 9 rings (SSSR count). The van der Waals surface area contributed by atoms with Crippen LogP contribution in [0.5, 0.6) is 11.5 Å². The van der Waals surface area contributed by atoms with E-state index in [4.69, 9.17) is 4.74 Å². The molecule has 0 radical (unpaired) electrons. The van der Waals surface area contributed by atoms with Crippen molar-refractivity contribution >= 4 is 69.0 Å². The maximum Gasteiger partial charge on any atom is 0.256 e. The lowest BCUT2D eigenvalue weighted by Crippen LogP contribution is -2.59. The Balaban J connectivity index is 1.42. The Kier molecular flexibility index (Phi) is 4.89. The van der Waals surface area contributed by atoms with Crippen LogP contribution in [0.3, 0.4) is 0 Å². The summed E-state index contributed by atoms with van der Waals surface area (Å²) in [5.74, 6) is 1.81. The lowest BCUT2D eigenvalue weighted by Gasteiger charge is -2.43. The summed E-state index contributed by atoms with van der Waals surface area (Å²) in [6.45, 7) is 0.0625. The first-order valence-electron chi connectivity index (χ1n) is 13.8. The van der Waals surface area contributed by atoms with E-state index < -0.39 is 0 Å². The van der Waals surface area contributed by atoms with Crippen molar-refractivity contribution in [1.82, 2.24) is 4.98 Å². The summed E-state index contributed by atoms with van der Waals surface area (Å²) in [4.78, 5) is 11.6. The topological polar surface area (TPSA) is 28.6 Å². The van der Waals surface area contributed by atoms with E-state index in [-0.39, 0.29) is 6.71 Å². The zero-order valence-electron chi connectivity index (χ0n) is 21.9. The van der Waals surface area contributed by atoms with Crippen LogP contribution in [0.25, 0.3) is 0 Å². The zero-order valence-corrected chi connectivity index (χ0v) is 22.8. The van der Waals surface area contributed by atoms with Crippen LogP contribution in [0.15, 0.2) is 144 Å². The molecule has 6 heteroatoms. The number of anilines is 6. The van der Waals surface area contributed by atoms with Crippen LogP contribution in [0.4, 0.5) is 34.1 Å². The van der Waals surface area contributed by atoms with E-state index >= 15 is 0 Å². The monoisotopic (exact) mass is 543 g/mol. The largest absolute Gasteiger partial charge is 0.458 e. The van der Waals surface area contributed by atoms with Gasteiger partial charge in [-0.15, -0.1) is 0 Å². The summed E-state index contributed by atoms with van der Waals surface area (Å²) < 4.78 is 6.79. The van der Waals surface area contributed by atoms with Crippen molar-refractivity contribution < 1.29 is 4.74 Å². The van der Waals surface area contributed by atoms with Gasteiger partial charge < -0.3 is 14.5 Å². The summed E-state index contributed by atoms with van der Waals surface area (Å²) in [5, 5.41) is 0. The Morgan fingerprint density at radius 1 is 0.585 bits per heavy atom. The first-order chi connectivity index (χ1) is 20.4. The molecule has 6 aromatic rings. The third-order valence-corrected chi connectivity index (χ3v) is 9.35. The number of rotatable bonds is 2. The molecular weight excluding hydrogens is 521 g/mol. The van der Waals surface area contributed by atoms with Crippen LogP contribution < -0.4 is 30.9 Å². The summed E-state index contributed by atoms with van der Waals surface area (Å²) in [6.07, 6.45) is 3.74. The van der Waals surface area contributed by atoms with Crippen molar-refractivity contribution in [3.05, 3.63) is 134 Å².